The molecule has 0 heterocycles. The number of ether oxygens (including phenoxy) is 1. The summed E-state index contributed by atoms with van der Waals surface area (Å²) in [7, 11) is -3.88. The Balaban J connectivity index is 0.00000529. The summed E-state index contributed by atoms with van der Waals surface area (Å²) in [6.45, 7) is 7.22. The van der Waals surface area contributed by atoms with Crippen LogP contribution in [0.15, 0.2) is 11.4 Å². The van der Waals surface area contributed by atoms with Crippen LogP contribution in [0.2, 0.25) is 0 Å². The van der Waals surface area contributed by atoms with E-state index in [2.05, 4.69) is 5.32 Å². The maximum absolute atomic E-state index is 12.3. The second-order valence-corrected chi connectivity index (χ2v) is 7.60. The van der Waals surface area contributed by atoms with Crippen molar-refractivity contribution in [1.29, 1.82) is 0 Å². The van der Waals surface area contributed by atoms with Crippen LogP contribution in [-0.2, 0) is 18.6 Å². The van der Waals surface area contributed by atoms with Crippen LogP contribution in [0.4, 0.5) is 0 Å². The number of nitrogens with two attached hydrogens (primary N) is 1. The third kappa shape index (κ3) is 6.27. The number of rotatable bonds is 8. The Bertz CT molecular complexity index is 482. The molecule has 0 aromatic rings. The van der Waals surface area contributed by atoms with Crippen LogP contribution >= 0.6 is 7.60 Å². The van der Waals surface area contributed by atoms with E-state index < -0.39 is 25.8 Å². The number of hydrogen-bond acceptors (Lipinski definition) is 6. The molecule has 1 unspecified atom stereocenters. The second-order valence-electron chi connectivity index (χ2n) is 5.73. The Morgan fingerprint density at radius 1 is 1.46 bits per heavy atom. The Morgan fingerprint density at radius 3 is 2.50 bits per heavy atom. The van der Waals surface area contributed by atoms with Gasteiger partial charge >= 0.3 is 7.60 Å². The van der Waals surface area contributed by atoms with Crippen molar-refractivity contribution in [2.75, 3.05) is 6.61 Å². The van der Waals surface area contributed by atoms with Crippen molar-refractivity contribution in [3.63, 3.8) is 0 Å². The predicted octanol–water partition coefficient (Wildman–Crippen LogP) is 2.06. The van der Waals surface area contributed by atoms with Crippen LogP contribution in [0.1, 0.15) is 47.0 Å². The van der Waals surface area contributed by atoms with Crippen LogP contribution in [0.5, 0.6) is 0 Å². The van der Waals surface area contributed by atoms with E-state index in [9.17, 15) is 14.3 Å². The fourth-order valence-corrected chi connectivity index (χ4v) is 3.98. The summed E-state index contributed by atoms with van der Waals surface area (Å²) in [5.74, 6) is -0.211. The topological polar surface area (TPSA) is 146 Å². The zero-order chi connectivity index (χ0) is 17.6. The molecule has 0 aromatic heterocycles. The van der Waals surface area contributed by atoms with Crippen LogP contribution in [0.3, 0.4) is 0 Å². The molecule has 24 heavy (non-hydrogen) atoms. The van der Waals surface area contributed by atoms with Gasteiger partial charge in [-0.2, -0.15) is 0 Å². The van der Waals surface area contributed by atoms with Crippen molar-refractivity contribution in [3.05, 3.63) is 11.4 Å². The summed E-state index contributed by atoms with van der Waals surface area (Å²) in [5, 5.41) is 3.05. The normalized spacial score (nSPS) is 26.3. The van der Waals surface area contributed by atoms with E-state index in [4.69, 9.17) is 15.0 Å². The Hall–Kier alpha value is -0.760. The number of carbonyl (C=O) groups excluding carboxylic acids is 1. The van der Waals surface area contributed by atoms with Crippen molar-refractivity contribution in [2.45, 2.75) is 71.2 Å². The van der Waals surface area contributed by atoms with Gasteiger partial charge in [0.25, 0.3) is 0 Å². The predicted molar refractivity (Wildman–Crippen MR) is 94.0 cm³/mol. The highest BCUT2D eigenvalue weighted by Crippen LogP contribution is 2.54. The number of hydrogen-bond donors (Lipinski definition) is 4. The molecule has 0 aliphatic heterocycles. The average Bonchev–Trinajstić information content (AvgIpc) is 2.47. The lowest BCUT2D eigenvalue weighted by molar-refractivity contribution is -0.121. The first kappa shape index (κ1) is 23.2. The number of amides is 1. The summed E-state index contributed by atoms with van der Waals surface area (Å²) >= 11 is 0. The maximum atomic E-state index is 12.3. The van der Waals surface area contributed by atoms with E-state index in [1.807, 2.05) is 13.8 Å². The molecule has 9 heteroatoms. The zero-order valence-corrected chi connectivity index (χ0v) is 15.9. The minimum atomic E-state index is -3.88. The molecule has 142 valence electrons. The van der Waals surface area contributed by atoms with Crippen molar-refractivity contribution in [2.24, 2.45) is 5.73 Å². The molecule has 1 aliphatic rings. The minimum absolute atomic E-state index is 0. The van der Waals surface area contributed by atoms with Crippen molar-refractivity contribution in [3.8, 4) is 0 Å². The summed E-state index contributed by atoms with van der Waals surface area (Å²) < 4.78 is 23.3. The fraction of sp³-hybridized carbons (Fsp3) is 0.800. The van der Waals surface area contributed by atoms with E-state index in [1.54, 1.807) is 13.0 Å². The molecule has 1 rings (SSSR count). The minimum Gasteiger partial charge on any atom is -0.369 e. The first-order valence-corrected chi connectivity index (χ1v) is 9.69. The second kappa shape index (κ2) is 10.3. The van der Waals surface area contributed by atoms with Gasteiger partial charge in [0, 0.05) is 18.3 Å². The summed E-state index contributed by atoms with van der Waals surface area (Å²) in [6.07, 6.45) is 2.83. The van der Waals surface area contributed by atoms with Gasteiger partial charge in [-0.25, -0.2) is 0 Å². The van der Waals surface area contributed by atoms with Crippen molar-refractivity contribution < 1.29 is 23.5 Å². The standard InChI is InChI=1S/C15H29N2O5P.H3N/c1-5-11(6-2)22-14-9-12(23(19,20)21-7-3)8-13(16)15(14)17-10(4)18;/h9,11,13-15H,5-8,16H2,1-4H3,(H,17,18)(H,19,20);1H3/t13-,14+,15+;/m0./s1. The molecule has 4 atom stereocenters. The van der Waals surface area contributed by atoms with Gasteiger partial charge < -0.3 is 31.4 Å². The van der Waals surface area contributed by atoms with Crippen LogP contribution in [0.25, 0.3) is 0 Å². The third-order valence-electron chi connectivity index (χ3n) is 3.91. The number of carbonyl (C=O) groups is 1. The molecular weight excluding hydrogens is 333 g/mol. The molecule has 1 aliphatic carbocycles. The van der Waals surface area contributed by atoms with E-state index in [0.717, 1.165) is 12.8 Å². The summed E-state index contributed by atoms with van der Waals surface area (Å²) in [6, 6.07) is -0.947. The van der Waals surface area contributed by atoms with Crippen LogP contribution < -0.4 is 17.2 Å². The molecule has 0 fully saturated rings. The molecule has 0 bridgehead atoms. The van der Waals surface area contributed by atoms with Gasteiger partial charge in [0.2, 0.25) is 5.91 Å². The molecule has 0 radical (unpaired) electrons. The maximum Gasteiger partial charge on any atom is 0.354 e. The Kier molecular flexibility index (Phi) is 9.96. The smallest absolute Gasteiger partial charge is 0.354 e. The lowest BCUT2D eigenvalue weighted by Gasteiger charge is -2.37. The van der Waals surface area contributed by atoms with Gasteiger partial charge in [-0.05, 0) is 32.3 Å². The first-order chi connectivity index (χ1) is 10.7. The van der Waals surface area contributed by atoms with Gasteiger partial charge in [-0.3, -0.25) is 9.36 Å². The van der Waals surface area contributed by atoms with E-state index in [1.165, 1.54) is 6.92 Å². The molecule has 7 N–H and O–H groups in total. The van der Waals surface area contributed by atoms with Gasteiger partial charge in [0.05, 0.1) is 24.9 Å². The molecular formula is C15H32N3O5P. The highest BCUT2D eigenvalue weighted by molar-refractivity contribution is 7.57. The van der Waals surface area contributed by atoms with E-state index in [0.29, 0.717) is 0 Å². The quantitative estimate of drug-likeness (QED) is 0.481. The third-order valence-corrected chi connectivity index (χ3v) is 5.58. The average molecular weight is 365 g/mol. The van der Waals surface area contributed by atoms with Gasteiger partial charge in [-0.1, -0.05) is 13.8 Å². The first-order valence-electron chi connectivity index (χ1n) is 8.11. The molecule has 8 nitrogen and oxygen atoms in total. The van der Waals surface area contributed by atoms with E-state index >= 15 is 0 Å². The zero-order valence-electron chi connectivity index (χ0n) is 15.0. The highest BCUT2D eigenvalue weighted by Gasteiger charge is 2.39. The molecule has 0 saturated heterocycles. The highest BCUT2D eigenvalue weighted by atomic mass is 31.2. The van der Waals surface area contributed by atoms with Crippen molar-refractivity contribution in [1.82, 2.24) is 11.5 Å². The SMILES string of the molecule is CCOP(=O)(O)C1=C[C@@H](OC(CC)CC)[C@H](NC(C)=O)[C@@H](N)C1.N. The van der Waals surface area contributed by atoms with Crippen LogP contribution in [0, 0.1) is 0 Å². The Labute approximate surface area is 144 Å². The molecule has 0 saturated carbocycles. The fourth-order valence-electron chi connectivity index (χ4n) is 2.69. The van der Waals surface area contributed by atoms with Gasteiger partial charge in [-0.15, -0.1) is 0 Å². The molecule has 0 spiro atoms. The van der Waals surface area contributed by atoms with Crippen LogP contribution in [-0.4, -0.2) is 41.7 Å². The molecule has 1 amide bonds. The van der Waals surface area contributed by atoms with E-state index in [-0.39, 0.29) is 36.5 Å². The number of nitrogens with one attached hydrogen (secondary N) is 1. The van der Waals surface area contributed by atoms with Gasteiger partial charge in [0.15, 0.2) is 0 Å². The summed E-state index contributed by atoms with van der Waals surface area (Å²) in [4.78, 5) is 21.5. The lowest BCUT2D eigenvalue weighted by atomic mass is 9.93. The lowest BCUT2D eigenvalue weighted by Crippen LogP contribution is -2.56. The largest absolute Gasteiger partial charge is 0.369 e. The van der Waals surface area contributed by atoms with Gasteiger partial charge in [0.1, 0.15) is 0 Å². The van der Waals surface area contributed by atoms with Crippen molar-refractivity contribution >= 4 is 13.5 Å². The summed E-state index contributed by atoms with van der Waals surface area (Å²) in [5.41, 5.74) is 6.14. The molecule has 0 aromatic carbocycles. The Morgan fingerprint density at radius 2 is 2.04 bits per heavy atom. The monoisotopic (exact) mass is 365 g/mol.